The van der Waals surface area contributed by atoms with Crippen LogP contribution >= 0.6 is 0 Å². The number of benzene rings is 4. The summed E-state index contributed by atoms with van der Waals surface area (Å²) in [6.07, 6.45) is -0.454. The molecule has 65 heavy (non-hydrogen) atoms. The van der Waals surface area contributed by atoms with Gasteiger partial charge in [-0.3, -0.25) is 0 Å². The minimum atomic E-state index is -2.32. The molecule has 17 nitrogen and oxygen atoms in total. The average Bonchev–Trinajstić information content (AvgIpc) is 3.17. The van der Waals surface area contributed by atoms with Crippen LogP contribution in [0.3, 0.4) is 0 Å². The van der Waals surface area contributed by atoms with Crippen LogP contribution in [0, 0.1) is 6.92 Å². The van der Waals surface area contributed by atoms with E-state index in [1.54, 1.807) is 129 Å². The minimum Gasteiger partial charge on any atom is -0.479 e. The van der Waals surface area contributed by atoms with Crippen LogP contribution in [-0.2, 0) is 71.8 Å². The first kappa shape index (κ1) is 56.2. The molecule has 6 N–H and O–H groups in total. The summed E-state index contributed by atoms with van der Waals surface area (Å²) in [7, 11) is 0. The summed E-state index contributed by atoms with van der Waals surface area (Å²) >= 11 is 0. The van der Waals surface area contributed by atoms with E-state index in [9.17, 15) is 59.4 Å². The van der Waals surface area contributed by atoms with Gasteiger partial charge in [0.1, 0.15) is 0 Å². The highest BCUT2D eigenvalue weighted by Gasteiger charge is 2.53. The van der Waals surface area contributed by atoms with Crippen molar-refractivity contribution >= 4 is 52.7 Å². The molecule has 0 aliphatic carbocycles. The molecule has 4 rings (SSSR count). The summed E-state index contributed by atoms with van der Waals surface area (Å²) < 4.78 is 16.2. The SMILES string of the molecule is CC(C)(C)OC(Cc1ccc2ccccc2c1)(C(=O)O)C(=O)O.CC(C)(C)OC(Cc1ccccc1)(C(=O)O)C(=O)O.Cc1ccc(CC(OC(C)(C)C)(C(=O)O)C(=O)O)cc1.O=C=O. The first-order valence-electron chi connectivity index (χ1n) is 19.9. The van der Waals surface area contributed by atoms with Gasteiger partial charge in [-0.2, -0.15) is 9.59 Å². The predicted molar refractivity (Wildman–Crippen MR) is 234 cm³/mol. The zero-order valence-corrected chi connectivity index (χ0v) is 38.0. The van der Waals surface area contributed by atoms with Crippen molar-refractivity contribution in [3.8, 4) is 0 Å². The zero-order valence-electron chi connectivity index (χ0n) is 38.0. The van der Waals surface area contributed by atoms with Gasteiger partial charge in [-0.1, -0.05) is 103 Å². The lowest BCUT2D eigenvalue weighted by atomic mass is 9.92. The third-order valence-corrected chi connectivity index (χ3v) is 8.65. The minimum absolute atomic E-state index is 0.226. The van der Waals surface area contributed by atoms with Gasteiger partial charge in [0, 0.05) is 19.3 Å². The Balaban J connectivity index is 0.000000475. The van der Waals surface area contributed by atoms with E-state index in [1.165, 1.54) is 0 Å². The molecular weight excluding hydrogens is 849 g/mol. The molecule has 0 saturated carbocycles. The number of hydrogen-bond donors (Lipinski definition) is 6. The standard InChI is InChI=1S/C18H20O5.C15H20O5.C14H18O5.CO2/c1-17(2,3)23-18(15(19)20,16(21)22)11-12-8-9-13-6-4-5-7-14(13)10-12;1-10-5-7-11(8-6-10)9-15(12(16)17,13(18)19)20-14(2,3)4;1-13(2,3)19-14(11(15)16,12(17)18)9-10-7-5-4-6-8-10;2-1-3/h4-10H,11H2,1-3H3,(H,19,20)(H,21,22);5-8H,9H2,1-4H3,(H,16,17)(H,18,19);4-8H,9H2,1-3H3,(H,15,16)(H,17,18);. The Hall–Kier alpha value is -6.78. The Morgan fingerprint density at radius 2 is 0.692 bits per heavy atom. The highest BCUT2D eigenvalue weighted by atomic mass is 16.6. The van der Waals surface area contributed by atoms with Crippen LogP contribution in [-0.4, -0.2) is 106 Å². The van der Waals surface area contributed by atoms with E-state index in [2.05, 4.69) is 0 Å². The molecule has 0 atom stereocenters. The molecule has 0 radical (unpaired) electrons. The molecule has 0 bridgehead atoms. The molecule has 0 fully saturated rings. The second kappa shape index (κ2) is 23.2. The third-order valence-electron chi connectivity index (χ3n) is 8.65. The molecule has 17 heteroatoms. The number of rotatable bonds is 15. The van der Waals surface area contributed by atoms with E-state index >= 15 is 0 Å². The first-order chi connectivity index (χ1) is 29.8. The monoisotopic (exact) mass is 906 g/mol. The molecule has 0 amide bonds. The third kappa shape index (κ3) is 17.4. The number of aryl methyl sites for hydroxylation is 1. The van der Waals surface area contributed by atoms with Crippen LogP contribution in [0.25, 0.3) is 10.8 Å². The van der Waals surface area contributed by atoms with Crippen molar-refractivity contribution in [3.63, 3.8) is 0 Å². The Kier molecular flexibility index (Phi) is 20.1. The number of carbonyl (C=O) groups is 6. The van der Waals surface area contributed by atoms with Crippen molar-refractivity contribution < 1.29 is 83.2 Å². The maximum absolute atomic E-state index is 11.7. The van der Waals surface area contributed by atoms with E-state index in [1.807, 2.05) is 37.3 Å². The summed E-state index contributed by atoms with van der Waals surface area (Å²) in [5, 5.41) is 58.3. The summed E-state index contributed by atoms with van der Waals surface area (Å²) in [6.45, 7) is 16.6. The molecule has 4 aromatic carbocycles. The molecule has 0 spiro atoms. The van der Waals surface area contributed by atoms with Gasteiger partial charge in [-0.05, 0) is 96.7 Å². The molecule has 0 aromatic heterocycles. The number of carboxylic acids is 6. The molecule has 0 saturated heterocycles. The number of fused-ring (bicyclic) bond motifs is 1. The number of hydrogen-bond acceptors (Lipinski definition) is 11. The number of ether oxygens (including phenoxy) is 3. The first-order valence-corrected chi connectivity index (χ1v) is 19.9. The van der Waals surface area contributed by atoms with Gasteiger partial charge in [0.15, 0.2) is 0 Å². The van der Waals surface area contributed by atoms with Gasteiger partial charge in [-0.25, -0.2) is 28.8 Å². The molecule has 0 aliphatic heterocycles. The predicted octanol–water partition coefficient (Wildman–Crippen LogP) is 6.73. The Morgan fingerprint density at radius 3 is 1.02 bits per heavy atom. The van der Waals surface area contributed by atoms with Crippen molar-refractivity contribution in [3.05, 3.63) is 119 Å². The number of aliphatic carboxylic acids is 6. The number of carboxylic acid groups (broad SMARTS) is 6. The van der Waals surface area contributed by atoms with Crippen molar-refractivity contribution in [1.82, 2.24) is 0 Å². The largest absolute Gasteiger partial charge is 0.479 e. The average molecular weight is 907 g/mol. The van der Waals surface area contributed by atoms with Crippen LogP contribution in [0.4, 0.5) is 0 Å². The van der Waals surface area contributed by atoms with Crippen LogP contribution in [0.15, 0.2) is 97.1 Å². The maximum atomic E-state index is 11.7. The van der Waals surface area contributed by atoms with Crippen molar-refractivity contribution in [2.75, 3.05) is 0 Å². The topological polar surface area (TPSA) is 286 Å². The van der Waals surface area contributed by atoms with E-state index in [0.717, 1.165) is 16.3 Å². The quantitative estimate of drug-likeness (QED) is 0.0674. The van der Waals surface area contributed by atoms with Gasteiger partial charge < -0.3 is 44.8 Å². The Labute approximate surface area is 376 Å². The highest BCUT2D eigenvalue weighted by molar-refractivity contribution is 6.03. The molecular formula is C48H58O17. The molecule has 352 valence electrons. The van der Waals surface area contributed by atoms with E-state index in [-0.39, 0.29) is 25.4 Å². The highest BCUT2D eigenvalue weighted by Crippen LogP contribution is 2.29. The Bertz CT molecular complexity index is 2250. The molecule has 4 aromatic rings. The van der Waals surface area contributed by atoms with Gasteiger partial charge in [0.05, 0.1) is 16.8 Å². The van der Waals surface area contributed by atoms with Crippen LogP contribution in [0.2, 0.25) is 0 Å². The van der Waals surface area contributed by atoms with Crippen molar-refractivity contribution in [1.29, 1.82) is 0 Å². The van der Waals surface area contributed by atoms with Crippen LogP contribution in [0.1, 0.15) is 84.6 Å². The Morgan fingerprint density at radius 1 is 0.415 bits per heavy atom. The summed E-state index contributed by atoms with van der Waals surface area (Å²) in [4.78, 5) is 85.5. The van der Waals surface area contributed by atoms with Gasteiger partial charge in [-0.15, -0.1) is 0 Å². The van der Waals surface area contributed by atoms with E-state index in [4.69, 9.17) is 23.8 Å². The van der Waals surface area contributed by atoms with Gasteiger partial charge in [0.2, 0.25) is 0 Å². The summed E-state index contributed by atoms with van der Waals surface area (Å²) in [5.74, 6) is -9.01. The lowest BCUT2D eigenvalue weighted by molar-refractivity contribution is -0.200. The van der Waals surface area contributed by atoms with Crippen LogP contribution in [0.5, 0.6) is 0 Å². The van der Waals surface area contributed by atoms with E-state index < -0.39 is 69.4 Å². The second-order valence-corrected chi connectivity index (χ2v) is 17.7. The second-order valence-electron chi connectivity index (χ2n) is 17.7. The summed E-state index contributed by atoms with van der Waals surface area (Å²) in [5.41, 5.74) is -6.75. The lowest BCUT2D eigenvalue weighted by Gasteiger charge is -2.33. The van der Waals surface area contributed by atoms with Gasteiger partial charge in [0.25, 0.3) is 16.8 Å². The van der Waals surface area contributed by atoms with E-state index in [0.29, 0.717) is 16.7 Å². The van der Waals surface area contributed by atoms with Crippen LogP contribution < -0.4 is 0 Å². The fraction of sp³-hybridized carbons (Fsp3) is 0.396. The fourth-order valence-electron chi connectivity index (χ4n) is 6.18. The maximum Gasteiger partial charge on any atom is 0.373 e. The summed E-state index contributed by atoms with van der Waals surface area (Å²) in [6, 6.07) is 28.6. The van der Waals surface area contributed by atoms with Gasteiger partial charge >= 0.3 is 42.0 Å². The molecule has 0 heterocycles. The van der Waals surface area contributed by atoms with Crippen molar-refractivity contribution in [2.24, 2.45) is 0 Å². The molecule has 0 aliphatic rings. The smallest absolute Gasteiger partial charge is 0.373 e. The molecule has 0 unspecified atom stereocenters. The lowest BCUT2D eigenvalue weighted by Crippen LogP contribution is -2.54. The normalized spacial score (nSPS) is 11.8. The fourth-order valence-corrected chi connectivity index (χ4v) is 6.18. The van der Waals surface area contributed by atoms with Crippen molar-refractivity contribution in [2.45, 2.75) is 122 Å². The number of carbonyl (C=O) groups excluding carboxylic acids is 2. The zero-order chi connectivity index (χ0) is 50.2.